The van der Waals surface area contributed by atoms with Crippen LogP contribution in [0.3, 0.4) is 0 Å². The van der Waals surface area contributed by atoms with Crippen molar-refractivity contribution >= 4 is 5.97 Å². The molecule has 0 radical (unpaired) electrons. The zero-order valence-electron chi connectivity index (χ0n) is 38.3. The molecule has 0 aromatic heterocycles. The highest BCUT2D eigenvalue weighted by Crippen LogP contribution is 2.24. The number of esters is 1. The largest absolute Gasteiger partial charge is 0.465 e. The molecule has 0 bridgehead atoms. The van der Waals surface area contributed by atoms with Crippen LogP contribution in [0.15, 0.2) is 0 Å². The van der Waals surface area contributed by atoms with Gasteiger partial charge in [-0.3, -0.25) is 4.79 Å². The van der Waals surface area contributed by atoms with Gasteiger partial charge in [0, 0.05) is 0 Å². The Hall–Kier alpha value is -0.530. The van der Waals surface area contributed by atoms with E-state index in [1.807, 2.05) is 0 Å². The van der Waals surface area contributed by atoms with Gasteiger partial charge in [0.1, 0.15) is 0 Å². The van der Waals surface area contributed by atoms with Crippen LogP contribution < -0.4 is 0 Å². The van der Waals surface area contributed by atoms with E-state index in [9.17, 15) is 4.79 Å². The Kier molecular flexibility index (Phi) is 46.4. The maximum Gasteiger partial charge on any atom is 0.308 e. The summed E-state index contributed by atoms with van der Waals surface area (Å²) in [6.45, 7) is 9.90. The van der Waals surface area contributed by atoms with Gasteiger partial charge in [0.05, 0.1) is 12.5 Å². The number of carbonyl (C=O) groups excluding carboxylic acids is 1. The lowest BCUT2D eigenvalue weighted by Crippen LogP contribution is -2.22. The van der Waals surface area contributed by atoms with Gasteiger partial charge in [0.15, 0.2) is 0 Å². The zero-order valence-corrected chi connectivity index (χ0v) is 38.3. The summed E-state index contributed by atoms with van der Waals surface area (Å²) in [6.07, 6.45) is 59.6. The molecule has 324 valence electrons. The summed E-state index contributed by atoms with van der Waals surface area (Å²) in [5.74, 6) is 0.841. The maximum atomic E-state index is 13.7. The van der Waals surface area contributed by atoms with Crippen LogP contribution in [0.2, 0.25) is 0 Å². The highest BCUT2D eigenvalue weighted by molar-refractivity contribution is 5.72. The molecule has 0 rings (SSSR count). The number of hydrogen-bond acceptors (Lipinski definition) is 2. The minimum Gasteiger partial charge on any atom is -0.465 e. The molecule has 0 saturated carbocycles. The van der Waals surface area contributed by atoms with Crippen LogP contribution in [-0.4, -0.2) is 12.6 Å². The van der Waals surface area contributed by atoms with E-state index in [4.69, 9.17) is 4.74 Å². The van der Waals surface area contributed by atoms with Crippen LogP contribution in [0.25, 0.3) is 0 Å². The predicted octanol–water partition coefficient (Wildman–Crippen LogP) is 19.0. The Morgan fingerprint density at radius 3 is 0.741 bits per heavy atom. The maximum absolute atomic E-state index is 13.7. The Bertz CT molecular complexity index is 688. The van der Waals surface area contributed by atoms with Crippen molar-refractivity contribution in [2.45, 2.75) is 310 Å². The van der Waals surface area contributed by atoms with Crippen molar-refractivity contribution in [2.24, 2.45) is 11.8 Å². The summed E-state index contributed by atoms with van der Waals surface area (Å²) < 4.78 is 6.29. The standard InChI is InChI=1S/C52H104O2/c1-5-9-13-17-21-25-27-29-31-34-38-42-46-50(45-41-37-33-23-19-15-11-7-3)49-54-52(53)51(47-43-39-35-24-20-16-12-8-4)48-44-40-36-32-30-28-26-22-18-14-10-6-2/h50-51H,5-49H2,1-4H3. The van der Waals surface area contributed by atoms with Crippen molar-refractivity contribution in [3.63, 3.8) is 0 Å². The Balaban J connectivity index is 4.73. The molecular weight excluding hydrogens is 657 g/mol. The summed E-state index contributed by atoms with van der Waals surface area (Å²) >= 11 is 0. The topological polar surface area (TPSA) is 26.3 Å². The second-order valence-corrected chi connectivity index (χ2v) is 18.1. The molecule has 54 heavy (non-hydrogen) atoms. The van der Waals surface area contributed by atoms with E-state index in [0.717, 1.165) is 12.8 Å². The van der Waals surface area contributed by atoms with Crippen LogP contribution >= 0.6 is 0 Å². The van der Waals surface area contributed by atoms with E-state index in [2.05, 4.69) is 27.7 Å². The lowest BCUT2D eigenvalue weighted by molar-refractivity contribution is -0.150. The van der Waals surface area contributed by atoms with Crippen LogP contribution in [-0.2, 0) is 9.53 Å². The van der Waals surface area contributed by atoms with E-state index in [-0.39, 0.29) is 11.9 Å². The van der Waals surface area contributed by atoms with Gasteiger partial charge in [0.25, 0.3) is 0 Å². The fourth-order valence-electron chi connectivity index (χ4n) is 8.61. The smallest absolute Gasteiger partial charge is 0.308 e. The summed E-state index contributed by atoms with van der Waals surface area (Å²) in [4.78, 5) is 13.7. The average molecular weight is 761 g/mol. The minimum atomic E-state index is 0.128. The summed E-state index contributed by atoms with van der Waals surface area (Å²) in [5, 5.41) is 0. The third-order valence-corrected chi connectivity index (χ3v) is 12.5. The van der Waals surface area contributed by atoms with Crippen LogP contribution in [0.5, 0.6) is 0 Å². The summed E-state index contributed by atoms with van der Waals surface area (Å²) in [7, 11) is 0. The van der Waals surface area contributed by atoms with Gasteiger partial charge >= 0.3 is 5.97 Å². The van der Waals surface area contributed by atoms with Crippen molar-refractivity contribution < 1.29 is 9.53 Å². The molecule has 0 heterocycles. The molecule has 0 saturated heterocycles. The van der Waals surface area contributed by atoms with E-state index in [0.29, 0.717) is 12.5 Å². The lowest BCUT2D eigenvalue weighted by atomic mass is 9.93. The first-order chi connectivity index (χ1) is 26.7. The number of hydrogen-bond donors (Lipinski definition) is 0. The Morgan fingerprint density at radius 1 is 0.296 bits per heavy atom. The van der Waals surface area contributed by atoms with Crippen molar-refractivity contribution in [2.75, 3.05) is 6.61 Å². The van der Waals surface area contributed by atoms with Crippen molar-refractivity contribution in [1.82, 2.24) is 0 Å². The number of carbonyl (C=O) groups is 1. The number of rotatable bonds is 47. The highest BCUT2D eigenvalue weighted by Gasteiger charge is 2.21. The third kappa shape index (κ3) is 41.1. The molecule has 2 atom stereocenters. The van der Waals surface area contributed by atoms with Gasteiger partial charge < -0.3 is 4.74 Å². The van der Waals surface area contributed by atoms with Gasteiger partial charge in [0.2, 0.25) is 0 Å². The summed E-state index contributed by atoms with van der Waals surface area (Å²) in [5.41, 5.74) is 0. The monoisotopic (exact) mass is 761 g/mol. The van der Waals surface area contributed by atoms with Crippen molar-refractivity contribution in [3.8, 4) is 0 Å². The van der Waals surface area contributed by atoms with E-state index in [1.54, 1.807) is 0 Å². The Labute approximate surface area is 343 Å². The Morgan fingerprint density at radius 2 is 0.500 bits per heavy atom. The van der Waals surface area contributed by atoms with Crippen molar-refractivity contribution in [3.05, 3.63) is 0 Å². The SMILES string of the molecule is CCCCCCCCCCCCCCC(CCCCCCCCCC)COC(=O)C(CCCCCCCCCC)CCCCCCCCCCCCCC. The molecule has 0 spiro atoms. The molecule has 2 nitrogen and oxygen atoms in total. The van der Waals surface area contributed by atoms with E-state index in [1.165, 1.54) is 270 Å². The normalized spacial score (nSPS) is 12.7. The highest BCUT2D eigenvalue weighted by atomic mass is 16.5. The quantitative estimate of drug-likeness (QED) is 0.0456. The van der Waals surface area contributed by atoms with Gasteiger partial charge in [-0.25, -0.2) is 0 Å². The second kappa shape index (κ2) is 46.8. The lowest BCUT2D eigenvalue weighted by Gasteiger charge is -2.21. The second-order valence-electron chi connectivity index (χ2n) is 18.1. The van der Waals surface area contributed by atoms with Crippen molar-refractivity contribution in [1.29, 1.82) is 0 Å². The first-order valence-corrected chi connectivity index (χ1v) is 25.9. The first kappa shape index (κ1) is 53.5. The van der Waals surface area contributed by atoms with Gasteiger partial charge in [-0.1, -0.05) is 285 Å². The minimum absolute atomic E-state index is 0.128. The first-order valence-electron chi connectivity index (χ1n) is 25.9. The average Bonchev–Trinajstić information content (AvgIpc) is 3.18. The molecule has 0 aliphatic rings. The number of ether oxygens (including phenoxy) is 1. The molecule has 2 heteroatoms. The van der Waals surface area contributed by atoms with Crippen LogP contribution in [0, 0.1) is 11.8 Å². The molecule has 2 unspecified atom stereocenters. The van der Waals surface area contributed by atoms with Gasteiger partial charge in [-0.15, -0.1) is 0 Å². The predicted molar refractivity (Wildman–Crippen MR) is 244 cm³/mol. The third-order valence-electron chi connectivity index (χ3n) is 12.5. The molecule has 0 aromatic carbocycles. The molecule has 0 aliphatic heterocycles. The fourth-order valence-corrected chi connectivity index (χ4v) is 8.61. The molecule has 0 N–H and O–H groups in total. The molecule has 0 aliphatic carbocycles. The fraction of sp³-hybridized carbons (Fsp3) is 0.981. The molecular formula is C52H104O2. The zero-order chi connectivity index (χ0) is 39.3. The molecule has 0 fully saturated rings. The van der Waals surface area contributed by atoms with Gasteiger partial charge in [-0.05, 0) is 31.6 Å². The van der Waals surface area contributed by atoms with Crippen LogP contribution in [0.4, 0.5) is 0 Å². The van der Waals surface area contributed by atoms with Crippen LogP contribution in [0.1, 0.15) is 310 Å². The molecule has 0 aromatic rings. The molecule has 0 amide bonds. The number of unbranched alkanes of at least 4 members (excludes halogenated alkanes) is 36. The summed E-state index contributed by atoms with van der Waals surface area (Å²) in [6, 6.07) is 0. The van der Waals surface area contributed by atoms with E-state index < -0.39 is 0 Å². The van der Waals surface area contributed by atoms with E-state index >= 15 is 0 Å². The van der Waals surface area contributed by atoms with Gasteiger partial charge in [-0.2, -0.15) is 0 Å².